The number of benzene rings is 1. The molecule has 2 amide bonds. The Labute approximate surface area is 146 Å². The molecule has 1 aliphatic rings. The highest BCUT2D eigenvalue weighted by atomic mass is 19.1. The summed E-state index contributed by atoms with van der Waals surface area (Å²) in [5.41, 5.74) is 2.26. The van der Waals surface area contributed by atoms with E-state index in [4.69, 9.17) is 4.74 Å². The van der Waals surface area contributed by atoms with Crippen molar-refractivity contribution in [2.75, 3.05) is 18.4 Å². The van der Waals surface area contributed by atoms with Gasteiger partial charge in [0.25, 0.3) is 0 Å². The molecule has 1 N–H and O–H groups in total. The van der Waals surface area contributed by atoms with Gasteiger partial charge in [0.2, 0.25) is 0 Å². The van der Waals surface area contributed by atoms with E-state index in [1.54, 1.807) is 4.90 Å². The van der Waals surface area contributed by atoms with Gasteiger partial charge in [-0.3, -0.25) is 0 Å². The first-order valence-corrected chi connectivity index (χ1v) is 8.30. The van der Waals surface area contributed by atoms with Crippen molar-refractivity contribution in [2.24, 2.45) is 0 Å². The molecule has 1 saturated heterocycles. The molecule has 25 heavy (non-hydrogen) atoms. The van der Waals surface area contributed by atoms with Gasteiger partial charge >= 0.3 is 12.0 Å². The molecule has 0 bridgehead atoms. The third-order valence-electron chi connectivity index (χ3n) is 3.99. The van der Waals surface area contributed by atoms with Gasteiger partial charge in [0.15, 0.2) is 0 Å². The molecule has 1 aliphatic heterocycles. The maximum atomic E-state index is 12.9. The lowest BCUT2D eigenvalue weighted by molar-refractivity contribution is 0.0980. The first-order valence-electron chi connectivity index (χ1n) is 8.30. The molecule has 2 heterocycles. The number of hydrogen-bond acceptors (Lipinski definition) is 4. The minimum atomic E-state index is -0.335. The standard InChI is InChI=1S/C18H21FN4O2/c1-12-10-13(2)21-17(20-12)25-16-4-3-9-23(11-16)18(24)22-15-7-5-14(19)6-8-15/h5-8,10,16H,3-4,9,11H2,1-2H3,(H,22,24). The van der Waals surface area contributed by atoms with E-state index in [0.717, 1.165) is 24.2 Å². The van der Waals surface area contributed by atoms with E-state index in [-0.39, 0.29) is 18.0 Å². The molecular weight excluding hydrogens is 323 g/mol. The second-order valence-electron chi connectivity index (χ2n) is 6.20. The molecule has 1 atom stereocenters. The van der Waals surface area contributed by atoms with E-state index >= 15 is 0 Å². The number of nitrogens with one attached hydrogen (secondary N) is 1. The van der Waals surface area contributed by atoms with Crippen LogP contribution in [0, 0.1) is 19.7 Å². The Morgan fingerprint density at radius 2 is 1.92 bits per heavy atom. The van der Waals surface area contributed by atoms with Crippen molar-refractivity contribution in [1.29, 1.82) is 0 Å². The van der Waals surface area contributed by atoms with Crippen LogP contribution in [0.2, 0.25) is 0 Å². The number of hydrogen-bond donors (Lipinski definition) is 1. The SMILES string of the molecule is Cc1cc(C)nc(OC2CCCN(C(=O)Nc3ccc(F)cc3)C2)n1. The molecule has 1 unspecified atom stereocenters. The molecule has 3 rings (SSSR count). The summed E-state index contributed by atoms with van der Waals surface area (Å²) in [4.78, 5) is 22.7. The quantitative estimate of drug-likeness (QED) is 0.928. The number of likely N-dealkylation sites (tertiary alicyclic amines) is 1. The Hall–Kier alpha value is -2.70. The highest BCUT2D eigenvalue weighted by molar-refractivity contribution is 5.89. The van der Waals surface area contributed by atoms with E-state index in [1.807, 2.05) is 19.9 Å². The van der Waals surface area contributed by atoms with Crippen molar-refractivity contribution in [3.63, 3.8) is 0 Å². The molecule has 0 aliphatic carbocycles. The average molecular weight is 344 g/mol. The monoisotopic (exact) mass is 344 g/mol. The average Bonchev–Trinajstić information content (AvgIpc) is 2.56. The van der Waals surface area contributed by atoms with Gasteiger partial charge in [-0.2, -0.15) is 0 Å². The molecule has 1 aromatic carbocycles. The Morgan fingerprint density at radius 1 is 1.24 bits per heavy atom. The molecule has 2 aromatic rings. The summed E-state index contributed by atoms with van der Waals surface area (Å²) in [5.74, 6) is -0.335. The van der Waals surface area contributed by atoms with E-state index in [9.17, 15) is 9.18 Å². The number of halogens is 1. The molecule has 1 aromatic heterocycles. The molecule has 6 nitrogen and oxygen atoms in total. The summed E-state index contributed by atoms with van der Waals surface area (Å²) >= 11 is 0. The Balaban J connectivity index is 1.60. The number of nitrogens with zero attached hydrogens (tertiary/aromatic N) is 3. The van der Waals surface area contributed by atoms with E-state index in [0.29, 0.717) is 24.8 Å². The maximum absolute atomic E-state index is 12.9. The summed E-state index contributed by atoms with van der Waals surface area (Å²) in [5, 5.41) is 2.78. The number of carbonyl (C=O) groups is 1. The molecule has 0 saturated carbocycles. The number of ether oxygens (including phenoxy) is 1. The number of amides is 2. The van der Waals surface area contributed by atoms with Gasteiger partial charge in [0, 0.05) is 23.6 Å². The Bertz CT molecular complexity index is 731. The van der Waals surface area contributed by atoms with Crippen molar-refractivity contribution in [1.82, 2.24) is 14.9 Å². The predicted molar refractivity (Wildman–Crippen MR) is 92.1 cm³/mol. The normalized spacial score (nSPS) is 17.2. The van der Waals surface area contributed by atoms with Crippen molar-refractivity contribution in [3.8, 4) is 6.01 Å². The molecule has 132 valence electrons. The number of anilines is 1. The molecule has 0 spiro atoms. The van der Waals surface area contributed by atoms with Crippen LogP contribution in [0.4, 0.5) is 14.9 Å². The van der Waals surface area contributed by atoms with Gasteiger partial charge in [-0.05, 0) is 57.0 Å². The predicted octanol–water partition coefficient (Wildman–Crippen LogP) is 3.31. The van der Waals surface area contributed by atoms with Gasteiger partial charge in [-0.1, -0.05) is 0 Å². The van der Waals surface area contributed by atoms with Gasteiger partial charge in [-0.15, -0.1) is 0 Å². The fourth-order valence-electron chi connectivity index (χ4n) is 2.85. The van der Waals surface area contributed by atoms with Crippen LogP contribution in [0.1, 0.15) is 24.2 Å². The summed E-state index contributed by atoms with van der Waals surface area (Å²) < 4.78 is 18.8. The van der Waals surface area contributed by atoms with Crippen LogP contribution < -0.4 is 10.1 Å². The number of aromatic nitrogens is 2. The van der Waals surface area contributed by atoms with Crippen LogP contribution in [0.3, 0.4) is 0 Å². The van der Waals surface area contributed by atoms with Crippen LogP contribution in [-0.4, -0.2) is 40.1 Å². The van der Waals surface area contributed by atoms with Crippen LogP contribution in [-0.2, 0) is 0 Å². The summed E-state index contributed by atoms with van der Waals surface area (Å²) in [6.45, 7) is 4.90. The summed E-state index contributed by atoms with van der Waals surface area (Å²) in [6.07, 6.45) is 1.54. The van der Waals surface area contributed by atoms with Gasteiger partial charge in [0.05, 0.1) is 6.54 Å². The van der Waals surface area contributed by atoms with Crippen LogP contribution in [0.5, 0.6) is 6.01 Å². The third kappa shape index (κ3) is 4.65. The van der Waals surface area contributed by atoms with Gasteiger partial charge in [-0.25, -0.2) is 19.2 Å². The van der Waals surface area contributed by atoms with Crippen molar-refractivity contribution < 1.29 is 13.9 Å². The van der Waals surface area contributed by atoms with Gasteiger partial charge < -0.3 is 15.0 Å². The van der Waals surface area contributed by atoms with Crippen molar-refractivity contribution in [2.45, 2.75) is 32.8 Å². The van der Waals surface area contributed by atoms with E-state index in [2.05, 4.69) is 15.3 Å². The first kappa shape index (κ1) is 17.1. The summed E-state index contributed by atoms with van der Waals surface area (Å²) in [7, 11) is 0. The number of carbonyl (C=O) groups excluding carboxylic acids is 1. The second-order valence-corrected chi connectivity index (χ2v) is 6.20. The maximum Gasteiger partial charge on any atom is 0.321 e. The fraction of sp³-hybridized carbons (Fsp3) is 0.389. The molecule has 7 heteroatoms. The number of rotatable bonds is 3. The lowest BCUT2D eigenvalue weighted by atomic mass is 10.1. The third-order valence-corrected chi connectivity index (χ3v) is 3.99. The van der Waals surface area contributed by atoms with Crippen molar-refractivity contribution >= 4 is 11.7 Å². The topological polar surface area (TPSA) is 67.3 Å². The Kier molecular flexibility index (Phi) is 5.11. The summed E-state index contributed by atoms with van der Waals surface area (Å²) in [6, 6.07) is 7.72. The number of aryl methyl sites for hydroxylation is 2. The second kappa shape index (κ2) is 7.46. The van der Waals surface area contributed by atoms with Gasteiger partial charge in [0.1, 0.15) is 11.9 Å². The van der Waals surface area contributed by atoms with E-state index < -0.39 is 0 Å². The largest absolute Gasteiger partial charge is 0.458 e. The minimum absolute atomic E-state index is 0.145. The lowest BCUT2D eigenvalue weighted by Gasteiger charge is -2.32. The number of piperidine rings is 1. The highest BCUT2D eigenvalue weighted by Crippen LogP contribution is 2.18. The zero-order chi connectivity index (χ0) is 17.8. The molecule has 0 radical (unpaired) electrons. The van der Waals surface area contributed by atoms with Crippen LogP contribution in [0.25, 0.3) is 0 Å². The zero-order valence-corrected chi connectivity index (χ0v) is 14.3. The minimum Gasteiger partial charge on any atom is -0.458 e. The number of urea groups is 1. The van der Waals surface area contributed by atoms with Crippen LogP contribution in [0.15, 0.2) is 30.3 Å². The zero-order valence-electron chi connectivity index (χ0n) is 14.3. The lowest BCUT2D eigenvalue weighted by Crippen LogP contribution is -2.46. The fourth-order valence-corrected chi connectivity index (χ4v) is 2.85. The molecular formula is C18H21FN4O2. The van der Waals surface area contributed by atoms with Crippen LogP contribution >= 0.6 is 0 Å². The van der Waals surface area contributed by atoms with Crippen molar-refractivity contribution in [3.05, 3.63) is 47.5 Å². The molecule has 1 fully saturated rings. The van der Waals surface area contributed by atoms with E-state index in [1.165, 1.54) is 24.3 Å². The first-order chi connectivity index (χ1) is 12.0. The smallest absolute Gasteiger partial charge is 0.321 e. The highest BCUT2D eigenvalue weighted by Gasteiger charge is 2.25. The Morgan fingerprint density at radius 3 is 2.60 bits per heavy atom.